The molecule has 0 atom stereocenters. The SMILES string of the molecule is CC(C)c1nnc2n1CCN(Cc1ccoc1)CC2. The molecule has 0 fully saturated rings. The van der Waals surface area contributed by atoms with Crippen molar-refractivity contribution in [3.63, 3.8) is 0 Å². The standard InChI is InChI=1S/C14H20N4O/c1-11(2)14-16-15-13-3-5-17(6-7-18(13)14)9-12-4-8-19-10-12/h4,8,10-11H,3,5-7,9H2,1-2H3. The Labute approximate surface area is 113 Å². The van der Waals surface area contributed by atoms with E-state index in [0.717, 1.165) is 44.2 Å². The van der Waals surface area contributed by atoms with Gasteiger partial charge in [0.1, 0.15) is 11.6 Å². The molecule has 2 aromatic rings. The maximum atomic E-state index is 5.13. The molecule has 0 aromatic carbocycles. The summed E-state index contributed by atoms with van der Waals surface area (Å²) >= 11 is 0. The van der Waals surface area contributed by atoms with E-state index >= 15 is 0 Å². The molecule has 3 rings (SSSR count). The summed E-state index contributed by atoms with van der Waals surface area (Å²) in [5.41, 5.74) is 1.24. The van der Waals surface area contributed by atoms with Crippen molar-refractivity contribution in [2.24, 2.45) is 0 Å². The highest BCUT2D eigenvalue weighted by Gasteiger charge is 2.20. The average Bonchev–Trinajstić information content (AvgIpc) is 2.98. The Balaban J connectivity index is 1.71. The van der Waals surface area contributed by atoms with Crippen molar-refractivity contribution in [2.45, 2.75) is 39.3 Å². The monoisotopic (exact) mass is 260 g/mol. The van der Waals surface area contributed by atoms with Crippen molar-refractivity contribution in [3.8, 4) is 0 Å². The molecule has 2 aromatic heterocycles. The second-order valence-corrected chi connectivity index (χ2v) is 5.44. The van der Waals surface area contributed by atoms with E-state index < -0.39 is 0 Å². The van der Waals surface area contributed by atoms with Gasteiger partial charge in [0.05, 0.1) is 12.5 Å². The molecule has 1 aliphatic rings. The number of aromatic nitrogens is 3. The first kappa shape index (κ1) is 12.4. The number of nitrogens with zero attached hydrogens (tertiary/aromatic N) is 4. The summed E-state index contributed by atoms with van der Waals surface area (Å²) in [5, 5.41) is 8.66. The van der Waals surface area contributed by atoms with Gasteiger partial charge in [0.25, 0.3) is 0 Å². The van der Waals surface area contributed by atoms with Crippen molar-refractivity contribution in [2.75, 3.05) is 13.1 Å². The van der Waals surface area contributed by atoms with Crippen LogP contribution in [0.25, 0.3) is 0 Å². The van der Waals surface area contributed by atoms with Crippen LogP contribution in [0.4, 0.5) is 0 Å². The van der Waals surface area contributed by atoms with Crippen LogP contribution >= 0.6 is 0 Å². The van der Waals surface area contributed by atoms with E-state index in [1.807, 2.05) is 12.3 Å². The molecular weight excluding hydrogens is 240 g/mol. The molecule has 3 heterocycles. The third kappa shape index (κ3) is 2.56. The Bertz CT molecular complexity index is 530. The molecule has 5 heteroatoms. The lowest BCUT2D eigenvalue weighted by atomic mass is 10.2. The first-order valence-corrected chi connectivity index (χ1v) is 6.89. The van der Waals surface area contributed by atoms with Gasteiger partial charge in [-0.1, -0.05) is 13.8 Å². The van der Waals surface area contributed by atoms with Crippen LogP contribution < -0.4 is 0 Å². The van der Waals surface area contributed by atoms with Gasteiger partial charge in [-0.2, -0.15) is 0 Å². The predicted octanol–water partition coefficient (Wildman–Crippen LogP) is 2.05. The Kier molecular flexibility index (Phi) is 3.38. The van der Waals surface area contributed by atoms with Crippen LogP contribution in [0, 0.1) is 0 Å². The van der Waals surface area contributed by atoms with Gasteiger partial charge in [0.2, 0.25) is 0 Å². The molecular formula is C14H20N4O. The fourth-order valence-electron chi connectivity index (χ4n) is 2.62. The van der Waals surface area contributed by atoms with Crippen molar-refractivity contribution in [1.29, 1.82) is 0 Å². The zero-order chi connectivity index (χ0) is 13.2. The van der Waals surface area contributed by atoms with E-state index in [-0.39, 0.29) is 0 Å². The highest BCUT2D eigenvalue weighted by atomic mass is 16.3. The molecule has 5 nitrogen and oxygen atoms in total. The van der Waals surface area contributed by atoms with Crippen LogP contribution in [0.1, 0.15) is 37.0 Å². The molecule has 0 radical (unpaired) electrons. The van der Waals surface area contributed by atoms with Crippen LogP contribution in [0.3, 0.4) is 0 Å². The van der Waals surface area contributed by atoms with E-state index in [4.69, 9.17) is 4.42 Å². The van der Waals surface area contributed by atoms with E-state index in [0.29, 0.717) is 5.92 Å². The summed E-state index contributed by atoms with van der Waals surface area (Å²) in [6.07, 6.45) is 4.53. The van der Waals surface area contributed by atoms with E-state index in [1.54, 1.807) is 6.26 Å². The average molecular weight is 260 g/mol. The number of hydrogen-bond acceptors (Lipinski definition) is 4. The Morgan fingerprint density at radius 2 is 2.16 bits per heavy atom. The Morgan fingerprint density at radius 1 is 1.26 bits per heavy atom. The van der Waals surface area contributed by atoms with Gasteiger partial charge in [-0.15, -0.1) is 10.2 Å². The minimum atomic E-state index is 0.432. The van der Waals surface area contributed by atoms with Gasteiger partial charge in [0, 0.05) is 44.1 Å². The Morgan fingerprint density at radius 3 is 2.89 bits per heavy atom. The molecule has 0 unspecified atom stereocenters. The second kappa shape index (κ2) is 5.17. The van der Waals surface area contributed by atoms with E-state index in [9.17, 15) is 0 Å². The molecule has 0 saturated heterocycles. The summed E-state index contributed by atoms with van der Waals surface area (Å²) in [5.74, 6) is 2.67. The summed E-state index contributed by atoms with van der Waals surface area (Å²) in [6.45, 7) is 8.34. The van der Waals surface area contributed by atoms with Crippen LogP contribution in [-0.4, -0.2) is 32.8 Å². The number of hydrogen-bond donors (Lipinski definition) is 0. The van der Waals surface area contributed by atoms with Crippen LogP contribution in [-0.2, 0) is 19.5 Å². The smallest absolute Gasteiger partial charge is 0.135 e. The van der Waals surface area contributed by atoms with Gasteiger partial charge in [-0.3, -0.25) is 4.90 Å². The quantitative estimate of drug-likeness (QED) is 0.847. The normalized spacial score (nSPS) is 16.6. The van der Waals surface area contributed by atoms with Crippen molar-refractivity contribution < 1.29 is 4.42 Å². The number of rotatable bonds is 3. The molecule has 0 N–H and O–H groups in total. The summed E-state index contributed by atoms with van der Waals surface area (Å²) in [4.78, 5) is 2.45. The van der Waals surface area contributed by atoms with Gasteiger partial charge in [-0.05, 0) is 6.07 Å². The van der Waals surface area contributed by atoms with Crippen LogP contribution in [0.15, 0.2) is 23.0 Å². The lowest BCUT2D eigenvalue weighted by Gasteiger charge is -2.18. The first-order valence-electron chi connectivity index (χ1n) is 6.89. The second-order valence-electron chi connectivity index (χ2n) is 5.44. The molecule has 0 spiro atoms. The van der Waals surface area contributed by atoms with Crippen LogP contribution in [0.5, 0.6) is 0 Å². The summed E-state index contributed by atoms with van der Waals surface area (Å²) in [7, 11) is 0. The minimum Gasteiger partial charge on any atom is -0.472 e. The molecule has 0 aliphatic carbocycles. The first-order chi connectivity index (χ1) is 9.24. The predicted molar refractivity (Wildman–Crippen MR) is 71.8 cm³/mol. The zero-order valence-corrected chi connectivity index (χ0v) is 11.5. The van der Waals surface area contributed by atoms with Crippen LogP contribution in [0.2, 0.25) is 0 Å². The molecule has 0 bridgehead atoms. The maximum Gasteiger partial charge on any atom is 0.135 e. The van der Waals surface area contributed by atoms with Gasteiger partial charge >= 0.3 is 0 Å². The molecule has 1 aliphatic heterocycles. The lowest BCUT2D eigenvalue weighted by Crippen LogP contribution is -2.26. The van der Waals surface area contributed by atoms with Gasteiger partial charge < -0.3 is 8.98 Å². The molecule has 0 amide bonds. The summed E-state index contributed by atoms with van der Waals surface area (Å²) in [6, 6.07) is 2.03. The zero-order valence-electron chi connectivity index (χ0n) is 11.5. The lowest BCUT2D eigenvalue weighted by molar-refractivity contribution is 0.269. The molecule has 0 saturated carbocycles. The van der Waals surface area contributed by atoms with Crippen molar-refractivity contribution in [3.05, 3.63) is 35.8 Å². The minimum absolute atomic E-state index is 0.432. The fourth-order valence-corrected chi connectivity index (χ4v) is 2.62. The molecule has 19 heavy (non-hydrogen) atoms. The topological polar surface area (TPSA) is 47.1 Å². The molecule has 102 valence electrons. The summed E-state index contributed by atoms with van der Waals surface area (Å²) < 4.78 is 7.42. The maximum absolute atomic E-state index is 5.13. The largest absolute Gasteiger partial charge is 0.472 e. The third-order valence-corrected chi connectivity index (χ3v) is 3.65. The van der Waals surface area contributed by atoms with Crippen molar-refractivity contribution in [1.82, 2.24) is 19.7 Å². The van der Waals surface area contributed by atoms with Gasteiger partial charge in [0.15, 0.2) is 0 Å². The fraction of sp³-hybridized carbons (Fsp3) is 0.571. The highest BCUT2D eigenvalue weighted by Crippen LogP contribution is 2.17. The van der Waals surface area contributed by atoms with Gasteiger partial charge in [-0.25, -0.2) is 0 Å². The number of furan rings is 1. The Hall–Kier alpha value is -1.62. The highest BCUT2D eigenvalue weighted by molar-refractivity contribution is 5.06. The van der Waals surface area contributed by atoms with E-state index in [1.165, 1.54) is 5.56 Å². The van der Waals surface area contributed by atoms with Crippen molar-refractivity contribution >= 4 is 0 Å². The number of fused-ring (bicyclic) bond motifs is 1. The third-order valence-electron chi connectivity index (χ3n) is 3.65. The van der Waals surface area contributed by atoms with E-state index in [2.05, 4.69) is 33.5 Å².